The van der Waals surface area contributed by atoms with Crippen LogP contribution in [0.3, 0.4) is 0 Å². The molecule has 1 atom stereocenters. The first-order chi connectivity index (χ1) is 18.1. The van der Waals surface area contributed by atoms with E-state index in [1.165, 1.54) is 0 Å². The molecule has 188 valence electrons. The van der Waals surface area contributed by atoms with Gasteiger partial charge in [0.15, 0.2) is 5.78 Å². The van der Waals surface area contributed by atoms with Gasteiger partial charge in [-0.2, -0.15) is 0 Å². The minimum absolute atomic E-state index is 0.0789. The van der Waals surface area contributed by atoms with Crippen LogP contribution in [0.5, 0.6) is 0 Å². The van der Waals surface area contributed by atoms with Gasteiger partial charge in [0.1, 0.15) is 6.04 Å². The monoisotopic (exact) mass is 492 g/mol. The average Bonchev–Trinajstić information content (AvgIpc) is 2.94. The first-order valence-corrected chi connectivity index (χ1v) is 12.6. The molecule has 0 bridgehead atoms. The summed E-state index contributed by atoms with van der Waals surface area (Å²) >= 11 is 0. The zero-order valence-corrected chi connectivity index (χ0v) is 21.0. The maximum atomic E-state index is 12.6. The van der Waals surface area contributed by atoms with Crippen molar-refractivity contribution < 1.29 is 14.3 Å². The number of hydrogen-bond donors (Lipinski definition) is 2. The van der Waals surface area contributed by atoms with E-state index in [-0.39, 0.29) is 11.8 Å². The summed E-state index contributed by atoms with van der Waals surface area (Å²) in [6.45, 7) is 3.06. The van der Waals surface area contributed by atoms with Crippen molar-refractivity contribution in [2.24, 2.45) is 0 Å². The molecule has 0 amide bonds. The summed E-state index contributed by atoms with van der Waals surface area (Å²) in [6, 6.07) is 35.1. The van der Waals surface area contributed by atoms with Gasteiger partial charge in [-0.25, -0.2) is 4.79 Å². The minimum atomic E-state index is -0.471. The first kappa shape index (κ1) is 25.9. The predicted octanol–water partition coefficient (Wildman–Crippen LogP) is 5.91. The molecule has 0 aliphatic rings. The van der Waals surface area contributed by atoms with Crippen molar-refractivity contribution in [1.29, 1.82) is 0 Å². The van der Waals surface area contributed by atoms with Crippen LogP contribution in [0.2, 0.25) is 0 Å². The largest absolute Gasteiger partial charge is 0.464 e. The fraction of sp³-hybridized carbons (Fsp3) is 0.188. The molecule has 0 radical (unpaired) electrons. The van der Waals surface area contributed by atoms with Gasteiger partial charge in [0.05, 0.1) is 13.2 Å². The van der Waals surface area contributed by atoms with E-state index in [9.17, 15) is 9.59 Å². The highest BCUT2D eigenvalue weighted by Gasteiger charge is 2.20. The summed E-state index contributed by atoms with van der Waals surface area (Å²) < 4.78 is 5.30. The molecule has 0 spiro atoms. The Bertz CT molecular complexity index is 1290. The molecule has 0 aromatic heterocycles. The van der Waals surface area contributed by atoms with E-state index in [2.05, 4.69) is 53.1 Å². The number of carbonyl (C=O) groups is 2. The third kappa shape index (κ3) is 7.63. The van der Waals surface area contributed by atoms with Crippen LogP contribution in [0.4, 0.5) is 5.69 Å². The summed E-state index contributed by atoms with van der Waals surface area (Å²) in [5.74, 6) is -0.184. The lowest BCUT2D eigenvalue weighted by Gasteiger charge is -2.19. The summed E-state index contributed by atoms with van der Waals surface area (Å²) in [5.41, 5.74) is 5.94. The van der Waals surface area contributed by atoms with Crippen LogP contribution in [0.15, 0.2) is 109 Å². The number of Topliss-reactive ketones (excluding diaryl/α,β-unsaturated/α-hetero) is 1. The summed E-state index contributed by atoms with van der Waals surface area (Å²) in [7, 11) is 0. The first-order valence-electron chi connectivity index (χ1n) is 12.6. The van der Waals surface area contributed by atoms with Gasteiger partial charge in [-0.05, 0) is 47.4 Å². The van der Waals surface area contributed by atoms with E-state index in [1.54, 1.807) is 0 Å². The summed E-state index contributed by atoms with van der Waals surface area (Å²) in [6.07, 6.45) is 0.521. The van der Waals surface area contributed by atoms with Gasteiger partial charge in [-0.1, -0.05) is 91.0 Å². The molecule has 37 heavy (non-hydrogen) atoms. The molecule has 4 rings (SSSR count). The van der Waals surface area contributed by atoms with E-state index in [0.717, 1.165) is 27.9 Å². The lowest BCUT2D eigenvalue weighted by atomic mass is 9.99. The number of ketones is 1. The third-order valence-electron chi connectivity index (χ3n) is 6.05. The Kier molecular flexibility index (Phi) is 9.22. The highest BCUT2D eigenvalue weighted by Crippen LogP contribution is 2.22. The average molecular weight is 493 g/mol. The van der Waals surface area contributed by atoms with Gasteiger partial charge in [-0.15, -0.1) is 0 Å². The fourth-order valence-corrected chi connectivity index (χ4v) is 4.15. The second-order valence-corrected chi connectivity index (χ2v) is 8.81. The standard InChI is InChI=1S/C32H32N2O3/c1-2-37-32(36)30(34-29-14-7-4-8-15-29)21-24-16-18-26(19-17-24)28-13-9-10-25(20-28)22-33-23-31(35)27-11-5-3-6-12-27/h3-20,30,33-34H,2,21-23H2,1H3. The van der Waals surface area contributed by atoms with Crippen LogP contribution in [0, 0.1) is 0 Å². The number of anilines is 1. The zero-order chi connectivity index (χ0) is 25.9. The number of rotatable bonds is 12. The topological polar surface area (TPSA) is 67.4 Å². The normalized spacial score (nSPS) is 11.5. The number of nitrogens with one attached hydrogen (secondary N) is 2. The van der Waals surface area contributed by atoms with Crippen molar-refractivity contribution in [3.63, 3.8) is 0 Å². The molecular formula is C32H32N2O3. The van der Waals surface area contributed by atoms with E-state index < -0.39 is 6.04 Å². The second kappa shape index (κ2) is 13.2. The number of ether oxygens (including phenoxy) is 1. The molecule has 0 aliphatic carbocycles. The Morgan fingerprint density at radius 2 is 1.46 bits per heavy atom. The Morgan fingerprint density at radius 3 is 2.16 bits per heavy atom. The van der Waals surface area contributed by atoms with Gasteiger partial charge in [0, 0.05) is 24.2 Å². The van der Waals surface area contributed by atoms with E-state index in [1.807, 2.05) is 73.7 Å². The maximum absolute atomic E-state index is 12.6. The number of benzene rings is 4. The molecule has 5 heteroatoms. The van der Waals surface area contributed by atoms with Crippen LogP contribution in [0.25, 0.3) is 11.1 Å². The lowest BCUT2D eigenvalue weighted by Crippen LogP contribution is -2.33. The molecule has 0 fully saturated rings. The Labute approximate surface area is 218 Å². The Morgan fingerprint density at radius 1 is 0.757 bits per heavy atom. The van der Waals surface area contributed by atoms with Gasteiger partial charge >= 0.3 is 5.97 Å². The van der Waals surface area contributed by atoms with Crippen molar-refractivity contribution in [3.8, 4) is 11.1 Å². The number of hydrogen-bond acceptors (Lipinski definition) is 5. The maximum Gasteiger partial charge on any atom is 0.328 e. The molecule has 1 unspecified atom stereocenters. The van der Waals surface area contributed by atoms with Gasteiger partial charge in [0.2, 0.25) is 0 Å². The second-order valence-electron chi connectivity index (χ2n) is 8.81. The number of carbonyl (C=O) groups excluding carboxylic acids is 2. The summed E-state index contributed by atoms with van der Waals surface area (Å²) in [4.78, 5) is 24.9. The van der Waals surface area contributed by atoms with E-state index >= 15 is 0 Å². The predicted molar refractivity (Wildman–Crippen MR) is 149 cm³/mol. The molecular weight excluding hydrogens is 460 g/mol. The van der Waals surface area contributed by atoms with Gasteiger partial charge < -0.3 is 15.4 Å². The molecule has 4 aromatic rings. The number of esters is 1. The molecule has 0 saturated carbocycles. The van der Waals surface area contributed by atoms with Crippen molar-refractivity contribution in [3.05, 3.63) is 126 Å². The number of para-hydroxylation sites is 1. The molecule has 0 aliphatic heterocycles. The Hall–Kier alpha value is -4.22. The van der Waals surface area contributed by atoms with Crippen molar-refractivity contribution >= 4 is 17.4 Å². The smallest absolute Gasteiger partial charge is 0.328 e. The van der Waals surface area contributed by atoms with Crippen LogP contribution < -0.4 is 10.6 Å². The minimum Gasteiger partial charge on any atom is -0.464 e. The molecule has 2 N–H and O–H groups in total. The fourth-order valence-electron chi connectivity index (χ4n) is 4.15. The Balaban J connectivity index is 1.37. The summed E-state index contributed by atoms with van der Waals surface area (Å²) in [5, 5.41) is 6.55. The SMILES string of the molecule is CCOC(=O)C(Cc1ccc(-c2cccc(CNCC(=O)c3ccccc3)c2)cc1)Nc1ccccc1. The van der Waals surface area contributed by atoms with E-state index in [0.29, 0.717) is 31.7 Å². The van der Waals surface area contributed by atoms with Crippen LogP contribution in [-0.2, 0) is 22.5 Å². The molecule has 0 heterocycles. The van der Waals surface area contributed by atoms with E-state index in [4.69, 9.17) is 4.74 Å². The quantitative estimate of drug-likeness (QED) is 0.190. The van der Waals surface area contributed by atoms with Crippen LogP contribution in [-0.4, -0.2) is 30.9 Å². The van der Waals surface area contributed by atoms with Crippen molar-refractivity contribution in [1.82, 2.24) is 5.32 Å². The van der Waals surface area contributed by atoms with Crippen LogP contribution >= 0.6 is 0 Å². The van der Waals surface area contributed by atoms with Crippen molar-refractivity contribution in [2.45, 2.75) is 25.9 Å². The zero-order valence-electron chi connectivity index (χ0n) is 21.0. The third-order valence-corrected chi connectivity index (χ3v) is 6.05. The lowest BCUT2D eigenvalue weighted by molar-refractivity contribution is -0.144. The highest BCUT2D eigenvalue weighted by atomic mass is 16.5. The molecule has 0 saturated heterocycles. The van der Waals surface area contributed by atoms with Crippen LogP contribution in [0.1, 0.15) is 28.4 Å². The molecule has 5 nitrogen and oxygen atoms in total. The molecule has 4 aromatic carbocycles. The van der Waals surface area contributed by atoms with Gasteiger partial charge in [-0.3, -0.25) is 4.79 Å². The van der Waals surface area contributed by atoms with Crippen molar-refractivity contribution in [2.75, 3.05) is 18.5 Å². The highest BCUT2D eigenvalue weighted by molar-refractivity contribution is 5.97. The van der Waals surface area contributed by atoms with Gasteiger partial charge in [0.25, 0.3) is 0 Å².